The third kappa shape index (κ3) is 3.06. The van der Waals surface area contributed by atoms with Gasteiger partial charge in [-0.25, -0.2) is 14.5 Å². The highest BCUT2D eigenvalue weighted by molar-refractivity contribution is 5.83. The monoisotopic (exact) mass is 398 g/mol. The molecule has 0 aliphatic carbocycles. The van der Waals surface area contributed by atoms with Gasteiger partial charge >= 0.3 is 0 Å². The van der Waals surface area contributed by atoms with Crippen LogP contribution in [-0.2, 0) is 6.42 Å². The SMILES string of the molecule is O=c1[nH]c(-c2cc(Cc3n[nH]c(=O)c4ccccc34)ccc2F)nc2ccccc12. The van der Waals surface area contributed by atoms with E-state index in [9.17, 15) is 14.0 Å². The highest BCUT2D eigenvalue weighted by atomic mass is 19.1. The Morgan fingerprint density at radius 3 is 2.40 bits per heavy atom. The van der Waals surface area contributed by atoms with Crippen LogP contribution < -0.4 is 11.1 Å². The Morgan fingerprint density at radius 1 is 0.833 bits per heavy atom. The summed E-state index contributed by atoms with van der Waals surface area (Å²) in [6.07, 6.45) is 0.377. The summed E-state index contributed by atoms with van der Waals surface area (Å²) in [5.74, 6) is -0.325. The van der Waals surface area contributed by atoms with Crippen LogP contribution in [-0.4, -0.2) is 20.2 Å². The van der Waals surface area contributed by atoms with E-state index in [0.29, 0.717) is 28.4 Å². The zero-order chi connectivity index (χ0) is 20.7. The molecular formula is C23H15FN4O2. The van der Waals surface area contributed by atoms with E-state index < -0.39 is 5.82 Å². The number of fused-ring (bicyclic) bond motifs is 2. The van der Waals surface area contributed by atoms with E-state index in [1.165, 1.54) is 6.07 Å². The fourth-order valence-corrected chi connectivity index (χ4v) is 3.58. The van der Waals surface area contributed by atoms with E-state index in [0.717, 1.165) is 10.9 Å². The summed E-state index contributed by atoms with van der Waals surface area (Å²) in [6.45, 7) is 0. The molecule has 2 N–H and O–H groups in total. The van der Waals surface area contributed by atoms with Crippen molar-refractivity contribution in [3.63, 3.8) is 0 Å². The molecule has 7 heteroatoms. The van der Waals surface area contributed by atoms with Gasteiger partial charge in [0.1, 0.15) is 11.6 Å². The van der Waals surface area contributed by atoms with Crippen molar-refractivity contribution < 1.29 is 4.39 Å². The largest absolute Gasteiger partial charge is 0.306 e. The molecule has 0 amide bonds. The minimum absolute atomic E-state index is 0.164. The molecule has 5 aromatic rings. The maximum absolute atomic E-state index is 14.6. The number of aromatic amines is 2. The molecule has 6 nitrogen and oxygen atoms in total. The van der Waals surface area contributed by atoms with Crippen molar-refractivity contribution >= 4 is 21.7 Å². The zero-order valence-corrected chi connectivity index (χ0v) is 15.6. The van der Waals surface area contributed by atoms with Crippen molar-refractivity contribution in [1.82, 2.24) is 20.2 Å². The van der Waals surface area contributed by atoms with Gasteiger partial charge in [0.25, 0.3) is 11.1 Å². The predicted molar refractivity (Wildman–Crippen MR) is 113 cm³/mol. The Kier molecular flexibility index (Phi) is 4.21. The molecule has 0 fully saturated rings. The quantitative estimate of drug-likeness (QED) is 0.486. The van der Waals surface area contributed by atoms with Crippen LogP contribution in [0.4, 0.5) is 4.39 Å². The molecule has 2 aromatic heterocycles. The van der Waals surface area contributed by atoms with Crippen LogP contribution in [0.2, 0.25) is 0 Å². The summed E-state index contributed by atoms with van der Waals surface area (Å²) in [4.78, 5) is 31.5. The smallest absolute Gasteiger partial charge is 0.272 e. The van der Waals surface area contributed by atoms with Crippen molar-refractivity contribution in [1.29, 1.82) is 0 Å². The van der Waals surface area contributed by atoms with Gasteiger partial charge in [-0.05, 0) is 35.9 Å². The van der Waals surface area contributed by atoms with Crippen LogP contribution >= 0.6 is 0 Å². The number of H-pyrrole nitrogens is 2. The number of halogens is 1. The second-order valence-corrected chi connectivity index (χ2v) is 6.97. The van der Waals surface area contributed by atoms with E-state index in [1.54, 1.807) is 48.5 Å². The van der Waals surface area contributed by atoms with Gasteiger partial charge < -0.3 is 4.98 Å². The summed E-state index contributed by atoms with van der Waals surface area (Å²) < 4.78 is 14.6. The van der Waals surface area contributed by atoms with Gasteiger partial charge in [0, 0.05) is 11.8 Å². The first-order valence-electron chi connectivity index (χ1n) is 9.34. The van der Waals surface area contributed by atoms with Crippen molar-refractivity contribution in [2.45, 2.75) is 6.42 Å². The van der Waals surface area contributed by atoms with Crippen LogP contribution in [0.15, 0.2) is 76.3 Å². The van der Waals surface area contributed by atoms with Gasteiger partial charge in [-0.15, -0.1) is 0 Å². The molecule has 0 unspecified atom stereocenters. The van der Waals surface area contributed by atoms with Crippen LogP contribution in [0.1, 0.15) is 11.3 Å². The third-order valence-corrected chi connectivity index (χ3v) is 5.05. The van der Waals surface area contributed by atoms with Gasteiger partial charge in [-0.1, -0.05) is 36.4 Å². The predicted octanol–water partition coefficient (Wildman–Crippen LogP) is 3.56. The average molecular weight is 398 g/mol. The maximum atomic E-state index is 14.6. The van der Waals surface area contributed by atoms with E-state index in [2.05, 4.69) is 20.2 Å². The molecule has 0 aliphatic rings. The third-order valence-electron chi connectivity index (χ3n) is 5.05. The molecule has 5 rings (SSSR count). The first kappa shape index (κ1) is 17.9. The van der Waals surface area contributed by atoms with Crippen LogP contribution in [0.3, 0.4) is 0 Å². The number of para-hydroxylation sites is 1. The van der Waals surface area contributed by atoms with Gasteiger partial charge in [0.05, 0.1) is 27.5 Å². The summed E-state index contributed by atoms with van der Waals surface area (Å²) in [5, 5.41) is 8.42. The number of hydrogen-bond donors (Lipinski definition) is 2. The number of hydrogen-bond acceptors (Lipinski definition) is 4. The summed E-state index contributed by atoms with van der Waals surface area (Å²) in [7, 11) is 0. The second-order valence-electron chi connectivity index (χ2n) is 6.97. The number of rotatable bonds is 3. The van der Waals surface area contributed by atoms with Crippen molar-refractivity contribution in [2.75, 3.05) is 0 Å². The van der Waals surface area contributed by atoms with Crippen molar-refractivity contribution in [2.24, 2.45) is 0 Å². The lowest BCUT2D eigenvalue weighted by Gasteiger charge is -2.09. The minimum atomic E-state index is -0.489. The van der Waals surface area contributed by atoms with E-state index in [1.807, 2.05) is 12.1 Å². The number of nitrogens with one attached hydrogen (secondary N) is 2. The molecule has 0 spiro atoms. The molecule has 30 heavy (non-hydrogen) atoms. The van der Waals surface area contributed by atoms with Crippen LogP contribution in [0.5, 0.6) is 0 Å². The second kappa shape index (κ2) is 7.04. The Hall–Kier alpha value is -4.13. The Labute approximate surface area is 169 Å². The maximum Gasteiger partial charge on any atom is 0.272 e. The Morgan fingerprint density at radius 2 is 1.57 bits per heavy atom. The highest BCUT2D eigenvalue weighted by Gasteiger charge is 2.13. The Bertz CT molecular complexity index is 1540. The van der Waals surface area contributed by atoms with Crippen molar-refractivity contribution in [3.8, 4) is 11.4 Å². The lowest BCUT2D eigenvalue weighted by atomic mass is 10.0. The van der Waals surface area contributed by atoms with E-state index in [-0.39, 0.29) is 22.5 Å². The topological polar surface area (TPSA) is 91.5 Å². The standard InChI is InChI=1S/C23H15FN4O2/c24-18-10-9-13(12-20-14-5-1-2-6-15(14)23(30)28-27-20)11-17(18)21-25-19-8-4-3-7-16(19)22(29)26-21/h1-11H,12H2,(H,28,30)(H,25,26,29). The molecule has 0 saturated carbocycles. The van der Waals surface area contributed by atoms with E-state index >= 15 is 0 Å². The zero-order valence-electron chi connectivity index (χ0n) is 15.6. The van der Waals surface area contributed by atoms with Gasteiger partial charge in [0.15, 0.2) is 0 Å². The molecule has 0 atom stereocenters. The molecule has 2 heterocycles. The minimum Gasteiger partial charge on any atom is -0.306 e. The summed E-state index contributed by atoms with van der Waals surface area (Å²) >= 11 is 0. The van der Waals surface area contributed by atoms with Gasteiger partial charge in [0.2, 0.25) is 0 Å². The average Bonchev–Trinajstić information content (AvgIpc) is 2.77. The first-order valence-corrected chi connectivity index (χ1v) is 9.34. The van der Waals surface area contributed by atoms with Gasteiger partial charge in [-0.2, -0.15) is 5.10 Å². The molecule has 146 valence electrons. The van der Waals surface area contributed by atoms with Gasteiger partial charge in [-0.3, -0.25) is 9.59 Å². The Balaban J connectivity index is 1.61. The molecule has 0 bridgehead atoms. The molecule has 0 saturated heterocycles. The fourth-order valence-electron chi connectivity index (χ4n) is 3.58. The lowest BCUT2D eigenvalue weighted by molar-refractivity contribution is 0.629. The lowest BCUT2D eigenvalue weighted by Crippen LogP contribution is -2.11. The molecule has 3 aromatic carbocycles. The molecular weight excluding hydrogens is 383 g/mol. The first-order chi connectivity index (χ1) is 14.6. The normalized spacial score (nSPS) is 11.2. The van der Waals surface area contributed by atoms with Crippen LogP contribution in [0.25, 0.3) is 33.1 Å². The summed E-state index contributed by atoms with van der Waals surface area (Å²) in [5.41, 5.74) is 1.55. The molecule has 0 aliphatic heterocycles. The fraction of sp³-hybridized carbons (Fsp3) is 0.0435. The number of benzene rings is 3. The molecule has 0 radical (unpaired) electrons. The number of nitrogens with zero attached hydrogens (tertiary/aromatic N) is 2. The highest BCUT2D eigenvalue weighted by Crippen LogP contribution is 2.24. The van der Waals surface area contributed by atoms with E-state index in [4.69, 9.17) is 0 Å². The summed E-state index contributed by atoms with van der Waals surface area (Å²) in [6, 6.07) is 18.7. The van der Waals surface area contributed by atoms with Crippen LogP contribution in [0, 0.1) is 5.82 Å². The van der Waals surface area contributed by atoms with Crippen molar-refractivity contribution in [3.05, 3.63) is 105 Å². The number of aromatic nitrogens is 4.